The summed E-state index contributed by atoms with van der Waals surface area (Å²) in [6.45, 7) is 4.56. The van der Waals surface area contributed by atoms with E-state index in [1.807, 2.05) is 43.3 Å². The van der Waals surface area contributed by atoms with E-state index >= 15 is 0 Å². The molecule has 1 aliphatic heterocycles. The molecule has 1 amide bonds. The van der Waals surface area contributed by atoms with Crippen molar-refractivity contribution in [3.05, 3.63) is 29.8 Å². The number of piperidine rings is 1. The van der Waals surface area contributed by atoms with Crippen molar-refractivity contribution in [2.75, 3.05) is 60.6 Å². The number of benzene rings is 1. The molecule has 140 valence electrons. The first-order chi connectivity index (χ1) is 12.1. The average Bonchev–Trinajstić information content (AvgIpc) is 2.61. The van der Waals surface area contributed by atoms with Crippen molar-refractivity contribution in [1.82, 2.24) is 15.5 Å². The summed E-state index contributed by atoms with van der Waals surface area (Å²) in [5, 5.41) is 6.46. The van der Waals surface area contributed by atoms with Crippen LogP contribution >= 0.6 is 0 Å². The molecule has 0 aliphatic carbocycles. The molecule has 1 aromatic carbocycles. The Kier molecular flexibility index (Phi) is 7.68. The minimum Gasteiger partial charge on any atom is -0.491 e. The van der Waals surface area contributed by atoms with E-state index in [1.165, 1.54) is 0 Å². The van der Waals surface area contributed by atoms with Gasteiger partial charge < -0.3 is 25.0 Å². The lowest BCUT2D eigenvalue weighted by Gasteiger charge is -2.37. The van der Waals surface area contributed by atoms with E-state index in [0.717, 1.165) is 32.5 Å². The molecule has 0 atom stereocenters. The molecule has 6 nitrogen and oxygen atoms in total. The van der Waals surface area contributed by atoms with E-state index in [4.69, 9.17) is 9.47 Å². The van der Waals surface area contributed by atoms with Gasteiger partial charge in [-0.25, -0.2) is 0 Å². The van der Waals surface area contributed by atoms with Gasteiger partial charge in [0.2, 0.25) is 0 Å². The fourth-order valence-corrected chi connectivity index (χ4v) is 3.12. The predicted molar refractivity (Wildman–Crippen MR) is 99.2 cm³/mol. The topological polar surface area (TPSA) is 62.8 Å². The molecule has 0 radical (unpaired) electrons. The van der Waals surface area contributed by atoms with Crippen molar-refractivity contribution >= 4 is 5.91 Å². The van der Waals surface area contributed by atoms with Gasteiger partial charge in [-0.1, -0.05) is 12.1 Å². The van der Waals surface area contributed by atoms with Crippen LogP contribution in [0, 0.1) is 5.41 Å². The van der Waals surface area contributed by atoms with E-state index in [2.05, 4.69) is 10.6 Å². The van der Waals surface area contributed by atoms with Gasteiger partial charge in [-0.2, -0.15) is 0 Å². The smallest absolute Gasteiger partial charge is 0.255 e. The van der Waals surface area contributed by atoms with E-state index < -0.39 is 0 Å². The molecule has 1 aliphatic rings. The molecule has 2 rings (SSSR count). The third-order valence-electron chi connectivity index (χ3n) is 4.67. The summed E-state index contributed by atoms with van der Waals surface area (Å²) in [7, 11) is 5.71. The lowest BCUT2D eigenvalue weighted by Crippen LogP contribution is -2.47. The standard InChI is InChI=1S/C19H31N3O3/c1-22(2)12-13-25-17-7-5-4-6-16(17)18(23)21-14-19(15-24-3)8-10-20-11-9-19/h4-7,20H,8-15H2,1-3H3,(H,21,23). The molecule has 0 bridgehead atoms. The Labute approximate surface area is 150 Å². The van der Waals surface area contributed by atoms with Crippen LogP contribution in [0.5, 0.6) is 5.75 Å². The predicted octanol–water partition coefficient (Wildman–Crippen LogP) is 1.37. The van der Waals surface area contributed by atoms with Crippen LogP contribution in [0.25, 0.3) is 0 Å². The number of methoxy groups -OCH3 is 1. The highest BCUT2D eigenvalue weighted by Crippen LogP contribution is 2.28. The number of carbonyl (C=O) groups is 1. The van der Waals surface area contributed by atoms with Crippen LogP contribution in [0.4, 0.5) is 0 Å². The van der Waals surface area contributed by atoms with Crippen molar-refractivity contribution in [1.29, 1.82) is 0 Å². The van der Waals surface area contributed by atoms with Crippen LogP contribution in [0.2, 0.25) is 0 Å². The number of hydrogen-bond donors (Lipinski definition) is 2. The second kappa shape index (κ2) is 9.75. The number of amides is 1. The minimum absolute atomic E-state index is 0.0103. The summed E-state index contributed by atoms with van der Waals surface area (Å²) >= 11 is 0. The molecule has 1 saturated heterocycles. The van der Waals surface area contributed by atoms with E-state index in [0.29, 0.717) is 31.1 Å². The largest absolute Gasteiger partial charge is 0.491 e. The molecule has 1 heterocycles. The number of rotatable bonds is 9. The Bertz CT molecular complexity index is 537. The van der Waals surface area contributed by atoms with Crippen LogP contribution in [-0.2, 0) is 4.74 Å². The summed E-state index contributed by atoms with van der Waals surface area (Å²) in [6, 6.07) is 7.41. The number of likely N-dealkylation sites (N-methyl/N-ethyl adjacent to an activating group) is 1. The monoisotopic (exact) mass is 349 g/mol. The zero-order valence-corrected chi connectivity index (χ0v) is 15.6. The van der Waals surface area contributed by atoms with E-state index in [1.54, 1.807) is 7.11 Å². The Morgan fingerprint density at radius 1 is 1.28 bits per heavy atom. The molecular formula is C19H31N3O3. The second-order valence-electron chi connectivity index (χ2n) is 7.01. The van der Waals surface area contributed by atoms with Gasteiger partial charge in [0.05, 0.1) is 12.2 Å². The van der Waals surface area contributed by atoms with Crippen LogP contribution in [0.3, 0.4) is 0 Å². The van der Waals surface area contributed by atoms with Crippen molar-refractivity contribution in [2.24, 2.45) is 5.41 Å². The second-order valence-corrected chi connectivity index (χ2v) is 7.01. The van der Waals surface area contributed by atoms with Gasteiger partial charge in [-0.05, 0) is 52.2 Å². The van der Waals surface area contributed by atoms with Crippen molar-refractivity contribution < 1.29 is 14.3 Å². The summed E-state index contributed by atoms with van der Waals surface area (Å²) < 4.78 is 11.2. The fraction of sp³-hybridized carbons (Fsp3) is 0.632. The van der Waals surface area contributed by atoms with Gasteiger partial charge in [0.25, 0.3) is 5.91 Å². The Morgan fingerprint density at radius 2 is 2.00 bits per heavy atom. The van der Waals surface area contributed by atoms with Gasteiger partial charge in [0.15, 0.2) is 0 Å². The summed E-state index contributed by atoms with van der Waals surface area (Å²) in [5.74, 6) is 0.544. The van der Waals surface area contributed by atoms with Gasteiger partial charge in [0.1, 0.15) is 12.4 Å². The number of carbonyl (C=O) groups excluding carboxylic acids is 1. The van der Waals surface area contributed by atoms with Crippen molar-refractivity contribution in [3.63, 3.8) is 0 Å². The minimum atomic E-state index is -0.0885. The highest BCUT2D eigenvalue weighted by Gasteiger charge is 2.32. The lowest BCUT2D eigenvalue weighted by molar-refractivity contribution is 0.0511. The molecule has 2 N–H and O–H groups in total. The first kappa shape index (κ1) is 19.7. The summed E-state index contributed by atoms with van der Waals surface area (Å²) in [5.41, 5.74) is 0.596. The quantitative estimate of drug-likeness (QED) is 0.705. The fourth-order valence-electron chi connectivity index (χ4n) is 3.12. The molecule has 0 spiro atoms. The highest BCUT2D eigenvalue weighted by molar-refractivity contribution is 5.96. The number of nitrogens with one attached hydrogen (secondary N) is 2. The maximum atomic E-state index is 12.7. The van der Waals surface area contributed by atoms with Gasteiger partial charge in [-0.3, -0.25) is 4.79 Å². The molecule has 0 aromatic heterocycles. The number of hydrogen-bond acceptors (Lipinski definition) is 5. The zero-order chi connectivity index (χ0) is 18.1. The van der Waals surface area contributed by atoms with Crippen molar-refractivity contribution in [2.45, 2.75) is 12.8 Å². The lowest BCUT2D eigenvalue weighted by atomic mass is 9.79. The molecule has 1 fully saturated rings. The maximum absolute atomic E-state index is 12.7. The first-order valence-electron chi connectivity index (χ1n) is 8.91. The SMILES string of the molecule is COCC1(CNC(=O)c2ccccc2OCCN(C)C)CCNCC1. The zero-order valence-electron chi connectivity index (χ0n) is 15.6. The molecule has 25 heavy (non-hydrogen) atoms. The van der Waals surface area contributed by atoms with Crippen molar-refractivity contribution in [3.8, 4) is 5.75 Å². The molecule has 0 unspecified atom stereocenters. The van der Waals surface area contributed by atoms with Gasteiger partial charge in [0, 0.05) is 25.6 Å². The Hall–Kier alpha value is -1.63. The third-order valence-corrected chi connectivity index (χ3v) is 4.67. The number of para-hydroxylation sites is 1. The van der Waals surface area contributed by atoms with Crippen LogP contribution in [0.1, 0.15) is 23.2 Å². The summed E-state index contributed by atoms with van der Waals surface area (Å²) in [6.07, 6.45) is 2.00. The Morgan fingerprint density at radius 3 is 2.68 bits per heavy atom. The third kappa shape index (κ3) is 5.99. The molecular weight excluding hydrogens is 318 g/mol. The van der Waals surface area contributed by atoms with Gasteiger partial charge >= 0.3 is 0 Å². The molecule has 1 aromatic rings. The maximum Gasteiger partial charge on any atom is 0.255 e. The molecule has 6 heteroatoms. The van der Waals surface area contributed by atoms with Crippen LogP contribution < -0.4 is 15.4 Å². The van der Waals surface area contributed by atoms with E-state index in [9.17, 15) is 4.79 Å². The molecule has 0 saturated carbocycles. The Balaban J connectivity index is 1.97. The van der Waals surface area contributed by atoms with Gasteiger partial charge in [-0.15, -0.1) is 0 Å². The van der Waals surface area contributed by atoms with Crippen LogP contribution in [-0.4, -0.2) is 71.4 Å². The number of ether oxygens (including phenoxy) is 2. The van der Waals surface area contributed by atoms with Crippen LogP contribution in [0.15, 0.2) is 24.3 Å². The summed E-state index contributed by atoms with van der Waals surface area (Å²) in [4.78, 5) is 14.7. The highest BCUT2D eigenvalue weighted by atomic mass is 16.5. The first-order valence-corrected chi connectivity index (χ1v) is 8.91. The van der Waals surface area contributed by atoms with E-state index in [-0.39, 0.29) is 11.3 Å². The normalized spacial score (nSPS) is 16.6. The number of nitrogens with zero attached hydrogens (tertiary/aromatic N) is 1. The average molecular weight is 349 g/mol.